The van der Waals surface area contributed by atoms with Crippen LogP contribution in [0.5, 0.6) is 0 Å². The Balaban J connectivity index is 0.883. The van der Waals surface area contributed by atoms with Crippen molar-refractivity contribution in [2.45, 2.75) is 44.9 Å². The molecule has 1 atom stereocenters. The molecule has 3 aliphatic rings. The Morgan fingerprint density at radius 3 is 2.39 bits per heavy atom. The average molecular weight is 839 g/mol. The molecule has 2 amide bonds. The van der Waals surface area contributed by atoms with E-state index in [-0.39, 0.29) is 40.7 Å². The molecule has 3 aliphatic heterocycles. The van der Waals surface area contributed by atoms with Gasteiger partial charge in [-0.1, -0.05) is 19.1 Å². The molecule has 3 aromatic heterocycles. The van der Waals surface area contributed by atoms with Gasteiger partial charge in [-0.3, -0.25) is 24.5 Å². The highest BCUT2D eigenvalue weighted by molar-refractivity contribution is 7.92. The number of nitrogens with one attached hydrogen (secondary N) is 2. The number of carbonyl (C=O) groups excluding carboxylic acids is 2. The normalized spacial score (nSPS) is 18.2. The zero-order chi connectivity index (χ0) is 41.1. The lowest BCUT2D eigenvalue weighted by atomic mass is 9.91. The number of sulfonamides is 1. The summed E-state index contributed by atoms with van der Waals surface area (Å²) < 4.78 is 43.5. The minimum Gasteiger partial charge on any atom is -0.369 e. The first-order valence-corrected chi connectivity index (χ1v) is 22.5. The third-order valence-electron chi connectivity index (χ3n) is 11.2. The van der Waals surface area contributed by atoms with Crippen molar-refractivity contribution < 1.29 is 22.4 Å². The van der Waals surface area contributed by atoms with Crippen LogP contribution in [0.15, 0.2) is 73.1 Å². The van der Waals surface area contributed by atoms with Crippen molar-refractivity contribution in [3.63, 3.8) is 0 Å². The first kappa shape index (κ1) is 40.3. The summed E-state index contributed by atoms with van der Waals surface area (Å²) in [4.78, 5) is 49.7. The maximum Gasteiger partial charge on any atom is 0.234 e. The molecule has 0 bridgehead atoms. The molecule has 59 heavy (non-hydrogen) atoms. The first-order valence-electron chi connectivity index (χ1n) is 20.0. The fraction of sp³-hybridized carbons (Fsp3) is 0.381. The van der Waals surface area contributed by atoms with Crippen molar-refractivity contribution in [3.8, 4) is 32.4 Å². The molecule has 0 saturated carbocycles. The molecule has 4 N–H and O–H groups in total. The highest BCUT2D eigenvalue weighted by Crippen LogP contribution is 2.42. The lowest BCUT2D eigenvalue weighted by molar-refractivity contribution is -0.134. The maximum atomic E-state index is 16.0. The zero-order valence-corrected chi connectivity index (χ0v) is 34.4. The molecule has 308 valence electrons. The van der Waals surface area contributed by atoms with Crippen LogP contribution in [0.2, 0.25) is 0 Å². The Morgan fingerprint density at radius 2 is 1.69 bits per heavy atom. The number of piperidine rings is 2. The summed E-state index contributed by atoms with van der Waals surface area (Å²) in [7, 11) is -3.72. The van der Waals surface area contributed by atoms with E-state index in [1.807, 2.05) is 24.3 Å². The molecule has 17 heteroatoms. The summed E-state index contributed by atoms with van der Waals surface area (Å²) in [5.74, 6) is 0.00659. The lowest BCUT2D eigenvalue weighted by Gasteiger charge is -2.40. The molecule has 0 unspecified atom stereocenters. The van der Waals surface area contributed by atoms with Crippen LogP contribution in [0.3, 0.4) is 0 Å². The second-order valence-electron chi connectivity index (χ2n) is 15.3. The number of halogens is 1. The number of benzene rings is 2. The van der Waals surface area contributed by atoms with Crippen molar-refractivity contribution in [3.05, 3.63) is 84.4 Å². The highest BCUT2D eigenvalue weighted by Gasteiger charge is 2.30. The van der Waals surface area contributed by atoms with E-state index in [1.54, 1.807) is 31.3 Å². The summed E-state index contributed by atoms with van der Waals surface area (Å²) in [6.45, 7) is 8.50. The summed E-state index contributed by atoms with van der Waals surface area (Å²) in [6, 6.07) is 18.5. The van der Waals surface area contributed by atoms with Crippen molar-refractivity contribution in [2.75, 3.05) is 71.8 Å². The van der Waals surface area contributed by atoms with Gasteiger partial charge >= 0.3 is 0 Å². The van der Waals surface area contributed by atoms with E-state index in [2.05, 4.69) is 51.8 Å². The van der Waals surface area contributed by atoms with E-state index < -0.39 is 15.8 Å². The molecule has 8 rings (SSSR count). The Bertz CT molecular complexity index is 2410. The number of pyridine rings is 1. The van der Waals surface area contributed by atoms with Gasteiger partial charge in [-0.15, -0.1) is 11.3 Å². The van der Waals surface area contributed by atoms with E-state index in [9.17, 15) is 18.0 Å². The van der Waals surface area contributed by atoms with Gasteiger partial charge in [-0.2, -0.15) is 0 Å². The van der Waals surface area contributed by atoms with E-state index in [1.165, 1.54) is 23.6 Å². The molecule has 0 aliphatic carbocycles. The number of thiazole rings is 1. The van der Waals surface area contributed by atoms with Crippen molar-refractivity contribution in [2.24, 2.45) is 5.92 Å². The van der Waals surface area contributed by atoms with Gasteiger partial charge in [0.05, 0.1) is 33.6 Å². The second-order valence-corrected chi connectivity index (χ2v) is 18.1. The SMILES string of the molecule is CCCS(=O)(=O)Nc1cccc(-c2nc(-c3ccc(N4CCN(CC5CCN(c6ccc([C@H]7CCC(=O)NC7=O)cn6)CC5)CC4)cc3)sc2-c2ccnc(N)n2)c1F. The van der Waals surface area contributed by atoms with E-state index in [0.717, 1.165) is 81.3 Å². The fourth-order valence-corrected chi connectivity index (χ4v) is 10.3. The number of hydrogen-bond acceptors (Lipinski definition) is 13. The topological polar surface area (TPSA) is 180 Å². The monoisotopic (exact) mass is 838 g/mol. The van der Waals surface area contributed by atoms with Gasteiger partial charge in [-0.05, 0) is 85.7 Å². The number of amides is 2. The molecule has 3 saturated heterocycles. The number of hydrogen-bond donors (Lipinski definition) is 3. The van der Waals surface area contributed by atoms with E-state index in [0.29, 0.717) is 46.5 Å². The van der Waals surface area contributed by atoms with E-state index in [4.69, 9.17) is 10.7 Å². The highest BCUT2D eigenvalue weighted by atomic mass is 32.2. The molecule has 5 aromatic rings. The number of nitrogens with zero attached hydrogens (tertiary/aromatic N) is 7. The van der Waals surface area contributed by atoms with E-state index >= 15 is 4.39 Å². The van der Waals surface area contributed by atoms with Crippen LogP contribution < -0.4 is 25.6 Å². The van der Waals surface area contributed by atoms with Crippen LogP contribution in [-0.4, -0.2) is 96.6 Å². The number of anilines is 4. The quantitative estimate of drug-likeness (QED) is 0.130. The summed E-state index contributed by atoms with van der Waals surface area (Å²) in [5, 5.41) is 3.09. The van der Waals surface area contributed by atoms with Crippen molar-refractivity contribution in [1.82, 2.24) is 30.2 Å². The smallest absolute Gasteiger partial charge is 0.234 e. The fourth-order valence-electron chi connectivity index (χ4n) is 8.10. The van der Waals surface area contributed by atoms with Crippen LogP contribution in [0.1, 0.15) is 50.5 Å². The molecule has 14 nitrogen and oxygen atoms in total. The Hall–Kier alpha value is -5.52. The van der Waals surface area contributed by atoms with Crippen molar-refractivity contribution in [1.29, 1.82) is 0 Å². The zero-order valence-electron chi connectivity index (χ0n) is 32.8. The van der Waals surface area contributed by atoms with Gasteiger partial charge in [0, 0.05) is 81.4 Å². The lowest BCUT2D eigenvalue weighted by Crippen LogP contribution is -2.49. The van der Waals surface area contributed by atoms with Crippen LogP contribution in [0, 0.1) is 11.7 Å². The number of imide groups is 1. The number of nitrogens with two attached hydrogens (primary N) is 1. The van der Waals surface area contributed by atoms with Gasteiger partial charge in [0.1, 0.15) is 10.8 Å². The number of nitrogen functional groups attached to an aromatic ring is 1. The Kier molecular flexibility index (Phi) is 11.9. The summed E-state index contributed by atoms with van der Waals surface area (Å²) >= 11 is 1.36. The molecule has 0 radical (unpaired) electrons. The molecule has 2 aromatic carbocycles. The number of piperazine rings is 1. The van der Waals surface area contributed by atoms with Gasteiger partial charge in [0.15, 0.2) is 5.82 Å². The minimum absolute atomic E-state index is 0.0741. The van der Waals surface area contributed by atoms with Crippen LogP contribution in [0.25, 0.3) is 32.4 Å². The Labute approximate surface area is 347 Å². The molecule has 6 heterocycles. The van der Waals surface area contributed by atoms with Gasteiger partial charge in [-0.25, -0.2) is 32.7 Å². The van der Waals surface area contributed by atoms with Gasteiger partial charge < -0.3 is 15.5 Å². The third-order valence-corrected chi connectivity index (χ3v) is 13.8. The minimum atomic E-state index is -3.72. The third kappa shape index (κ3) is 9.21. The van der Waals surface area contributed by atoms with Crippen LogP contribution >= 0.6 is 11.3 Å². The molecule has 0 spiro atoms. The summed E-state index contributed by atoms with van der Waals surface area (Å²) in [5.41, 5.74) is 9.60. The molecular weight excluding hydrogens is 792 g/mol. The van der Waals surface area contributed by atoms with Gasteiger partial charge in [0.25, 0.3) is 0 Å². The van der Waals surface area contributed by atoms with Crippen LogP contribution in [0.4, 0.5) is 27.5 Å². The summed E-state index contributed by atoms with van der Waals surface area (Å²) in [6.07, 6.45) is 6.79. The predicted molar refractivity (Wildman–Crippen MR) is 229 cm³/mol. The van der Waals surface area contributed by atoms with Crippen LogP contribution in [-0.2, 0) is 19.6 Å². The first-order chi connectivity index (χ1) is 28.5. The number of aromatic nitrogens is 4. The van der Waals surface area contributed by atoms with Gasteiger partial charge in [0.2, 0.25) is 27.8 Å². The Morgan fingerprint density at radius 1 is 0.915 bits per heavy atom. The second kappa shape index (κ2) is 17.4. The average Bonchev–Trinajstić information content (AvgIpc) is 3.68. The largest absolute Gasteiger partial charge is 0.369 e. The number of carbonyl (C=O) groups is 2. The molecular formula is C42H47FN10O4S2. The van der Waals surface area contributed by atoms with Crippen molar-refractivity contribution >= 4 is 56.3 Å². The predicted octanol–water partition coefficient (Wildman–Crippen LogP) is 5.76. The standard InChI is InChI=1S/C42H47FN10O4S2/c1-2-24-59(56,57)50-33-5-3-4-32(37(33)43)38-39(34-14-17-45-42(44)47-34)58-41(49-38)28-6-9-30(10-7-28)52-22-20-51(21-23-52)26-27-15-18-53(19-16-27)35-12-8-29(25-46-35)31-11-13-36(54)48-40(31)55/h3-10,12,14,17,25,27,31,50H,2,11,13,15-16,18-24,26H2,1H3,(H2,44,45,47)(H,48,54,55)/t31-/m1/s1. The number of rotatable bonds is 12. The molecule has 3 fully saturated rings. The maximum absolute atomic E-state index is 16.0.